The van der Waals surface area contributed by atoms with Crippen molar-refractivity contribution >= 4 is 23.7 Å². The van der Waals surface area contributed by atoms with E-state index in [0.29, 0.717) is 12.2 Å². The van der Waals surface area contributed by atoms with Crippen LogP contribution in [0.4, 0.5) is 0 Å². The van der Waals surface area contributed by atoms with Crippen LogP contribution < -0.4 is 0 Å². The van der Waals surface area contributed by atoms with Crippen molar-refractivity contribution in [2.24, 2.45) is 0 Å². The predicted octanol–water partition coefficient (Wildman–Crippen LogP) is 6.15. The Balaban J connectivity index is 0. The Morgan fingerprint density at radius 2 is 1.12 bits per heavy atom. The molecule has 0 saturated heterocycles. The number of carbonyl (C=O) groups is 2. The van der Waals surface area contributed by atoms with E-state index >= 15 is 0 Å². The van der Waals surface area contributed by atoms with Crippen molar-refractivity contribution < 1.29 is 19.8 Å². The zero-order chi connectivity index (χ0) is 19.5. The van der Waals surface area contributed by atoms with Gasteiger partial charge in [-0.15, -0.1) is 0 Å². The average molecular weight is 375 g/mol. The van der Waals surface area contributed by atoms with Gasteiger partial charge in [-0.1, -0.05) is 79.1 Å². The molecule has 0 spiro atoms. The van der Waals surface area contributed by atoms with E-state index in [1.54, 1.807) is 0 Å². The van der Waals surface area contributed by atoms with E-state index in [4.69, 9.17) is 10.2 Å². The van der Waals surface area contributed by atoms with E-state index in [2.05, 4.69) is 39.5 Å². The number of carboxylic acid groups (broad SMARTS) is 2. The first kappa shape index (κ1) is 26.3. The van der Waals surface area contributed by atoms with Gasteiger partial charge >= 0.3 is 11.9 Å². The molecule has 0 aliphatic heterocycles. The predicted molar refractivity (Wildman–Crippen MR) is 108 cm³/mol. The van der Waals surface area contributed by atoms with Crippen LogP contribution in [-0.2, 0) is 9.59 Å². The quantitative estimate of drug-likeness (QED) is 0.282. The summed E-state index contributed by atoms with van der Waals surface area (Å²) in [5.74, 6) is -2.51. The molecule has 0 aliphatic carbocycles. The van der Waals surface area contributed by atoms with E-state index < -0.39 is 11.9 Å². The highest BCUT2D eigenvalue weighted by atomic mass is 32.2. The van der Waals surface area contributed by atoms with Gasteiger partial charge in [0.2, 0.25) is 0 Å². The van der Waals surface area contributed by atoms with Crippen molar-refractivity contribution in [3.63, 3.8) is 0 Å². The highest BCUT2D eigenvalue weighted by Gasteiger charge is 2.08. The highest BCUT2D eigenvalue weighted by molar-refractivity contribution is 8.00. The molecule has 0 bridgehead atoms. The minimum Gasteiger partial charge on any atom is -0.478 e. The summed E-state index contributed by atoms with van der Waals surface area (Å²) in [4.78, 5) is 19.1. The zero-order valence-corrected chi connectivity index (χ0v) is 17.3. The van der Waals surface area contributed by atoms with Crippen molar-refractivity contribution in [3.8, 4) is 0 Å². The molecule has 2 unspecified atom stereocenters. The Kier molecular flexibility index (Phi) is 20.3. The monoisotopic (exact) mass is 374 g/mol. The summed E-state index contributed by atoms with van der Waals surface area (Å²) in [5, 5.41) is 17.4. The number of unbranched alkanes of at least 4 members (excludes halogenated alkanes) is 6. The van der Waals surface area contributed by atoms with Crippen LogP contribution in [0.2, 0.25) is 0 Å². The topological polar surface area (TPSA) is 74.6 Å². The molecular formula is C20H38O4S. The van der Waals surface area contributed by atoms with Crippen molar-refractivity contribution in [1.82, 2.24) is 0 Å². The second kappa shape index (κ2) is 19.4. The standard InChI is InChI=1S/C16H34S.C4H4O4/c1-5-7-9-11-13-15(3)17-16(4)14-12-10-8-6-2;5-3(6)1-2-4(7)8/h15-16H,5-14H2,1-4H3;1-2H,(H,5,6)(H,7,8)/b;2-1-. The molecule has 0 fully saturated rings. The Labute approximate surface area is 158 Å². The number of hydrogen-bond acceptors (Lipinski definition) is 3. The Hall–Kier alpha value is -0.970. The van der Waals surface area contributed by atoms with E-state index in [1.807, 2.05) is 0 Å². The van der Waals surface area contributed by atoms with Crippen LogP contribution in [0.15, 0.2) is 12.2 Å². The lowest BCUT2D eigenvalue weighted by Crippen LogP contribution is -2.05. The number of carboxylic acids is 2. The summed E-state index contributed by atoms with van der Waals surface area (Å²) < 4.78 is 0. The third-order valence-corrected chi connectivity index (χ3v) is 5.16. The molecule has 148 valence electrons. The molecule has 0 heterocycles. The average Bonchev–Trinajstić information content (AvgIpc) is 2.54. The molecule has 0 aliphatic rings. The minimum absolute atomic E-state index is 0.558. The minimum atomic E-state index is -1.26. The zero-order valence-electron chi connectivity index (χ0n) is 16.5. The molecule has 0 radical (unpaired) electrons. The summed E-state index contributed by atoms with van der Waals surface area (Å²) in [7, 11) is 0. The number of rotatable bonds is 14. The van der Waals surface area contributed by atoms with E-state index in [1.165, 1.54) is 64.2 Å². The maximum Gasteiger partial charge on any atom is 0.328 e. The van der Waals surface area contributed by atoms with Gasteiger partial charge in [-0.2, -0.15) is 11.8 Å². The van der Waals surface area contributed by atoms with Crippen LogP contribution in [0.25, 0.3) is 0 Å². The Morgan fingerprint density at radius 3 is 1.40 bits per heavy atom. The first-order valence-corrected chi connectivity index (χ1v) is 10.6. The van der Waals surface area contributed by atoms with Crippen molar-refractivity contribution in [2.45, 2.75) is 102 Å². The Bertz CT molecular complexity index is 324. The van der Waals surface area contributed by atoms with Gasteiger partial charge in [0.05, 0.1) is 0 Å². The van der Waals surface area contributed by atoms with Crippen molar-refractivity contribution in [3.05, 3.63) is 12.2 Å². The summed E-state index contributed by atoms with van der Waals surface area (Å²) in [5.41, 5.74) is 0. The van der Waals surface area contributed by atoms with E-state index in [-0.39, 0.29) is 0 Å². The van der Waals surface area contributed by atoms with Crippen LogP contribution in [0, 0.1) is 0 Å². The van der Waals surface area contributed by atoms with Crippen molar-refractivity contribution in [1.29, 1.82) is 0 Å². The molecule has 0 rings (SSSR count). The molecule has 0 amide bonds. The summed E-state index contributed by atoms with van der Waals surface area (Å²) in [6.07, 6.45) is 15.3. The SMILES string of the molecule is CCCCCCC(C)SC(C)CCCCCC.O=C(O)/C=C\C(=O)O. The maximum atomic E-state index is 9.55. The van der Waals surface area contributed by atoms with Gasteiger partial charge in [-0.05, 0) is 12.8 Å². The van der Waals surface area contributed by atoms with E-state index in [0.717, 1.165) is 10.5 Å². The van der Waals surface area contributed by atoms with Gasteiger partial charge in [-0.3, -0.25) is 0 Å². The van der Waals surface area contributed by atoms with Crippen LogP contribution in [0.5, 0.6) is 0 Å². The normalized spacial score (nSPS) is 13.1. The molecule has 4 nitrogen and oxygen atoms in total. The summed E-state index contributed by atoms with van der Waals surface area (Å²) in [6, 6.07) is 0. The van der Waals surface area contributed by atoms with Crippen LogP contribution in [0.1, 0.15) is 91.9 Å². The number of aliphatic carboxylic acids is 2. The lowest BCUT2D eigenvalue weighted by Gasteiger charge is -2.17. The third-order valence-electron chi connectivity index (χ3n) is 3.76. The molecule has 0 aromatic carbocycles. The number of thioether (sulfide) groups is 1. The maximum absolute atomic E-state index is 9.55. The second-order valence-electron chi connectivity index (χ2n) is 6.47. The molecule has 5 heteroatoms. The molecule has 2 atom stereocenters. The van der Waals surface area contributed by atoms with Crippen molar-refractivity contribution in [2.75, 3.05) is 0 Å². The number of hydrogen-bond donors (Lipinski definition) is 2. The lowest BCUT2D eigenvalue weighted by atomic mass is 10.1. The highest BCUT2D eigenvalue weighted by Crippen LogP contribution is 2.25. The first-order valence-electron chi connectivity index (χ1n) is 9.62. The molecule has 0 saturated carbocycles. The van der Waals surface area contributed by atoms with Crippen LogP contribution >= 0.6 is 11.8 Å². The van der Waals surface area contributed by atoms with Gasteiger partial charge in [0.15, 0.2) is 0 Å². The van der Waals surface area contributed by atoms with Gasteiger partial charge < -0.3 is 10.2 Å². The molecule has 25 heavy (non-hydrogen) atoms. The van der Waals surface area contributed by atoms with Crippen LogP contribution in [-0.4, -0.2) is 32.7 Å². The van der Waals surface area contributed by atoms with E-state index in [9.17, 15) is 9.59 Å². The fourth-order valence-corrected chi connectivity index (χ4v) is 3.79. The first-order chi connectivity index (χ1) is 11.8. The molecule has 0 aromatic heterocycles. The van der Waals surface area contributed by atoms with Crippen LogP contribution in [0.3, 0.4) is 0 Å². The smallest absolute Gasteiger partial charge is 0.328 e. The van der Waals surface area contributed by atoms with Gasteiger partial charge in [0.1, 0.15) is 0 Å². The molecule has 0 aromatic rings. The second-order valence-corrected chi connectivity index (χ2v) is 8.35. The largest absolute Gasteiger partial charge is 0.478 e. The third kappa shape index (κ3) is 25.4. The Morgan fingerprint density at radius 1 is 0.760 bits per heavy atom. The fourth-order valence-electron chi connectivity index (χ4n) is 2.39. The molecular weight excluding hydrogens is 336 g/mol. The lowest BCUT2D eigenvalue weighted by molar-refractivity contribution is -0.134. The molecule has 2 N–H and O–H groups in total. The van der Waals surface area contributed by atoms with Gasteiger partial charge in [0.25, 0.3) is 0 Å². The van der Waals surface area contributed by atoms with Gasteiger partial charge in [0, 0.05) is 22.7 Å². The van der Waals surface area contributed by atoms with Gasteiger partial charge in [-0.25, -0.2) is 9.59 Å². The fraction of sp³-hybridized carbons (Fsp3) is 0.800. The summed E-state index contributed by atoms with van der Waals surface area (Å²) in [6.45, 7) is 9.41. The summed E-state index contributed by atoms with van der Waals surface area (Å²) >= 11 is 2.22.